The predicted molar refractivity (Wildman–Crippen MR) is 103 cm³/mol. The van der Waals surface area contributed by atoms with Gasteiger partial charge in [-0.15, -0.1) is 0 Å². The number of rotatable bonds is 2. The van der Waals surface area contributed by atoms with Crippen molar-refractivity contribution in [2.45, 2.75) is 6.42 Å². The number of nitrogens with zero attached hydrogens (tertiary/aromatic N) is 4. The van der Waals surface area contributed by atoms with Gasteiger partial charge in [0.2, 0.25) is 5.95 Å². The van der Waals surface area contributed by atoms with E-state index in [1.807, 2.05) is 18.2 Å². The zero-order chi connectivity index (χ0) is 17.9. The van der Waals surface area contributed by atoms with Crippen molar-refractivity contribution in [3.63, 3.8) is 0 Å². The number of benzene rings is 2. The van der Waals surface area contributed by atoms with Crippen molar-refractivity contribution >= 4 is 22.8 Å². The van der Waals surface area contributed by atoms with Crippen LogP contribution in [0, 0.1) is 0 Å². The molecule has 2 amide bonds. The molecule has 1 aromatic heterocycles. The van der Waals surface area contributed by atoms with Crippen molar-refractivity contribution in [2.24, 2.45) is 5.73 Å². The molecule has 2 heterocycles. The summed E-state index contributed by atoms with van der Waals surface area (Å²) in [7, 11) is 0. The summed E-state index contributed by atoms with van der Waals surface area (Å²) in [4.78, 5) is 24.4. The number of hydrogen-bond donors (Lipinski definition) is 1. The fourth-order valence-electron chi connectivity index (χ4n) is 3.35. The van der Waals surface area contributed by atoms with Crippen LogP contribution in [-0.4, -0.2) is 47.1 Å². The molecule has 0 aliphatic carbocycles. The molecule has 132 valence electrons. The molecule has 6 nitrogen and oxygen atoms in total. The highest BCUT2D eigenvalue weighted by Crippen LogP contribution is 2.24. The second kappa shape index (κ2) is 7.00. The van der Waals surface area contributed by atoms with Gasteiger partial charge in [0.1, 0.15) is 0 Å². The second-order valence-electron chi connectivity index (χ2n) is 6.47. The number of carbonyl (C=O) groups excluding carboxylic acids is 1. The first-order valence-electron chi connectivity index (χ1n) is 8.82. The van der Waals surface area contributed by atoms with Crippen LogP contribution in [0.25, 0.3) is 22.0 Å². The maximum Gasteiger partial charge on any atom is 0.314 e. The Bertz CT molecular complexity index is 942. The molecule has 0 saturated carbocycles. The topological polar surface area (TPSA) is 75.4 Å². The highest BCUT2D eigenvalue weighted by molar-refractivity contribution is 5.86. The molecule has 1 fully saturated rings. The predicted octanol–water partition coefficient (Wildman–Crippen LogP) is 2.89. The molecule has 3 aromatic rings. The normalized spacial score (nSPS) is 15.1. The largest absolute Gasteiger partial charge is 0.351 e. The van der Waals surface area contributed by atoms with E-state index >= 15 is 0 Å². The fourth-order valence-corrected chi connectivity index (χ4v) is 3.35. The van der Waals surface area contributed by atoms with Crippen LogP contribution < -0.4 is 10.6 Å². The molecule has 0 spiro atoms. The Morgan fingerprint density at radius 3 is 2.65 bits per heavy atom. The Hall–Kier alpha value is -3.15. The molecule has 0 bridgehead atoms. The Labute approximate surface area is 152 Å². The van der Waals surface area contributed by atoms with Crippen LogP contribution in [0.15, 0.2) is 54.7 Å². The SMILES string of the molecule is NC(=O)N1CCCN(c2nccc(-c3ccc4ccccc4c3)n2)CC1. The minimum Gasteiger partial charge on any atom is -0.351 e. The average Bonchev–Trinajstić information content (AvgIpc) is 2.94. The van der Waals surface area contributed by atoms with Crippen molar-refractivity contribution in [1.29, 1.82) is 0 Å². The molecule has 26 heavy (non-hydrogen) atoms. The van der Waals surface area contributed by atoms with Gasteiger partial charge in [0.25, 0.3) is 0 Å². The lowest BCUT2D eigenvalue weighted by molar-refractivity contribution is 0.211. The Balaban J connectivity index is 1.60. The number of primary amides is 1. The third kappa shape index (κ3) is 3.31. The summed E-state index contributed by atoms with van der Waals surface area (Å²) in [6.07, 6.45) is 2.65. The molecule has 0 atom stereocenters. The highest BCUT2D eigenvalue weighted by Gasteiger charge is 2.19. The number of aromatic nitrogens is 2. The van der Waals surface area contributed by atoms with Gasteiger partial charge in [-0.2, -0.15) is 0 Å². The van der Waals surface area contributed by atoms with Crippen molar-refractivity contribution in [3.05, 3.63) is 54.7 Å². The minimum absolute atomic E-state index is 0.363. The van der Waals surface area contributed by atoms with E-state index in [4.69, 9.17) is 10.7 Å². The second-order valence-corrected chi connectivity index (χ2v) is 6.47. The molecular weight excluding hydrogens is 326 g/mol. The molecule has 4 rings (SSSR count). The summed E-state index contributed by atoms with van der Waals surface area (Å²) in [6.45, 7) is 2.77. The van der Waals surface area contributed by atoms with Gasteiger partial charge in [0.15, 0.2) is 0 Å². The van der Waals surface area contributed by atoms with Crippen LogP contribution in [0.5, 0.6) is 0 Å². The van der Waals surface area contributed by atoms with Crippen LogP contribution in [0.1, 0.15) is 6.42 Å². The monoisotopic (exact) mass is 347 g/mol. The zero-order valence-electron chi connectivity index (χ0n) is 14.5. The third-order valence-electron chi connectivity index (χ3n) is 4.78. The Morgan fingerprint density at radius 1 is 0.962 bits per heavy atom. The van der Waals surface area contributed by atoms with Gasteiger partial charge in [-0.05, 0) is 29.3 Å². The molecule has 0 radical (unpaired) electrons. The molecule has 1 saturated heterocycles. The Morgan fingerprint density at radius 2 is 1.81 bits per heavy atom. The summed E-state index contributed by atoms with van der Waals surface area (Å²) >= 11 is 0. The van der Waals surface area contributed by atoms with E-state index in [9.17, 15) is 4.79 Å². The first kappa shape index (κ1) is 16.3. The number of hydrogen-bond acceptors (Lipinski definition) is 4. The summed E-state index contributed by atoms with van der Waals surface area (Å²) < 4.78 is 0. The minimum atomic E-state index is -0.363. The number of carbonyl (C=O) groups is 1. The summed E-state index contributed by atoms with van der Waals surface area (Å²) in [5.41, 5.74) is 7.37. The van der Waals surface area contributed by atoms with E-state index in [-0.39, 0.29) is 6.03 Å². The van der Waals surface area contributed by atoms with E-state index in [0.29, 0.717) is 25.6 Å². The quantitative estimate of drug-likeness (QED) is 0.773. The number of anilines is 1. The Kier molecular flexibility index (Phi) is 4.39. The number of nitrogens with two attached hydrogens (primary N) is 1. The first-order valence-corrected chi connectivity index (χ1v) is 8.82. The van der Waals surface area contributed by atoms with Gasteiger partial charge >= 0.3 is 6.03 Å². The third-order valence-corrected chi connectivity index (χ3v) is 4.78. The fraction of sp³-hybridized carbons (Fsp3) is 0.250. The number of amides is 2. The van der Waals surface area contributed by atoms with E-state index in [2.05, 4.69) is 40.2 Å². The average molecular weight is 347 g/mol. The molecule has 0 unspecified atom stereocenters. The maximum absolute atomic E-state index is 11.4. The molecule has 1 aliphatic heterocycles. The van der Waals surface area contributed by atoms with Crippen molar-refractivity contribution in [2.75, 3.05) is 31.1 Å². The van der Waals surface area contributed by atoms with Crippen molar-refractivity contribution < 1.29 is 4.79 Å². The number of fused-ring (bicyclic) bond motifs is 1. The lowest BCUT2D eigenvalue weighted by Gasteiger charge is -2.21. The highest BCUT2D eigenvalue weighted by atomic mass is 16.2. The van der Waals surface area contributed by atoms with Crippen LogP contribution in [-0.2, 0) is 0 Å². The van der Waals surface area contributed by atoms with E-state index < -0.39 is 0 Å². The van der Waals surface area contributed by atoms with Gasteiger partial charge in [0.05, 0.1) is 5.69 Å². The lowest BCUT2D eigenvalue weighted by atomic mass is 10.1. The zero-order valence-corrected chi connectivity index (χ0v) is 14.5. The van der Waals surface area contributed by atoms with E-state index in [1.54, 1.807) is 11.1 Å². The van der Waals surface area contributed by atoms with Gasteiger partial charge in [-0.1, -0.05) is 36.4 Å². The molecule has 2 aromatic carbocycles. The van der Waals surface area contributed by atoms with Gasteiger partial charge in [0, 0.05) is 37.9 Å². The summed E-state index contributed by atoms with van der Waals surface area (Å²) in [5, 5.41) is 2.40. The smallest absolute Gasteiger partial charge is 0.314 e. The standard InChI is InChI=1S/C20H21N5O/c21-19(26)24-10-3-11-25(13-12-24)20-22-9-8-18(23-20)17-7-6-15-4-1-2-5-16(15)14-17/h1-2,4-9,14H,3,10-13H2,(H2,21,26). The van der Waals surface area contributed by atoms with Crippen LogP contribution in [0.2, 0.25) is 0 Å². The van der Waals surface area contributed by atoms with Crippen molar-refractivity contribution in [3.8, 4) is 11.3 Å². The lowest BCUT2D eigenvalue weighted by Crippen LogP contribution is -2.38. The number of urea groups is 1. The molecular formula is C20H21N5O. The van der Waals surface area contributed by atoms with Crippen molar-refractivity contribution in [1.82, 2.24) is 14.9 Å². The van der Waals surface area contributed by atoms with Crippen LogP contribution in [0.4, 0.5) is 10.7 Å². The molecule has 2 N–H and O–H groups in total. The molecule has 6 heteroatoms. The van der Waals surface area contributed by atoms with Gasteiger partial charge in [-0.3, -0.25) is 0 Å². The van der Waals surface area contributed by atoms with E-state index in [0.717, 1.165) is 24.2 Å². The maximum atomic E-state index is 11.4. The van der Waals surface area contributed by atoms with Crippen LogP contribution >= 0.6 is 0 Å². The van der Waals surface area contributed by atoms with Gasteiger partial charge in [-0.25, -0.2) is 14.8 Å². The van der Waals surface area contributed by atoms with E-state index in [1.165, 1.54) is 10.8 Å². The molecule has 1 aliphatic rings. The first-order chi connectivity index (χ1) is 12.7. The van der Waals surface area contributed by atoms with Crippen LogP contribution in [0.3, 0.4) is 0 Å². The van der Waals surface area contributed by atoms with Gasteiger partial charge < -0.3 is 15.5 Å². The summed E-state index contributed by atoms with van der Waals surface area (Å²) in [5.74, 6) is 0.696. The summed E-state index contributed by atoms with van der Waals surface area (Å²) in [6, 6.07) is 16.2.